The van der Waals surface area contributed by atoms with E-state index in [9.17, 15) is 19.7 Å². The number of fused-ring (bicyclic) bond motifs is 1. The molecule has 2 aliphatic heterocycles. The second kappa shape index (κ2) is 11.4. The quantitative estimate of drug-likeness (QED) is 0.244. The predicted molar refractivity (Wildman–Crippen MR) is 150 cm³/mol. The van der Waals surface area contributed by atoms with E-state index in [-0.39, 0.29) is 23.4 Å². The third-order valence-electron chi connectivity index (χ3n) is 6.81. The Balaban J connectivity index is 1.70. The molecule has 1 fully saturated rings. The fraction of sp³-hybridized carbons (Fsp3) is 0.321. The second-order valence-corrected chi connectivity index (χ2v) is 10.2. The minimum absolute atomic E-state index is 0.0763. The van der Waals surface area contributed by atoms with E-state index in [1.54, 1.807) is 57.4 Å². The normalized spacial score (nSPS) is 17.3. The van der Waals surface area contributed by atoms with Crippen LogP contribution >= 0.6 is 11.3 Å². The maximum Gasteiger partial charge on any atom is 0.338 e. The number of nitro groups is 1. The number of hydrogen-bond acceptors (Lipinski definition) is 10. The van der Waals surface area contributed by atoms with Crippen LogP contribution in [0.2, 0.25) is 0 Å². The Hall–Kier alpha value is -4.29. The Labute approximate surface area is 233 Å². The molecule has 2 aromatic carbocycles. The Kier molecular flexibility index (Phi) is 7.81. The smallest absolute Gasteiger partial charge is 0.338 e. The molecule has 2 aliphatic rings. The molecule has 3 heterocycles. The zero-order valence-corrected chi connectivity index (χ0v) is 23.1. The molecule has 40 heavy (non-hydrogen) atoms. The molecule has 0 bridgehead atoms. The maximum atomic E-state index is 14.0. The SMILES string of the molecule is CCOC(=O)C1=C(C)N=c2s/c(=C/c3cc([N+](=O)[O-])ccc3N3CCOCC3)c(=O)n2C1c1ccc(OC)cc1. The van der Waals surface area contributed by atoms with E-state index in [2.05, 4.69) is 9.89 Å². The van der Waals surface area contributed by atoms with Gasteiger partial charge in [-0.2, -0.15) is 0 Å². The Morgan fingerprint density at radius 3 is 2.60 bits per heavy atom. The van der Waals surface area contributed by atoms with E-state index in [0.29, 0.717) is 58.2 Å². The van der Waals surface area contributed by atoms with Crippen LogP contribution in [0.15, 0.2) is 63.5 Å². The number of anilines is 1. The third-order valence-corrected chi connectivity index (χ3v) is 7.79. The lowest BCUT2D eigenvalue weighted by molar-refractivity contribution is -0.384. The highest BCUT2D eigenvalue weighted by Crippen LogP contribution is 2.32. The molecule has 12 heteroatoms. The lowest BCUT2D eigenvalue weighted by atomic mass is 9.96. The Morgan fingerprint density at radius 2 is 1.95 bits per heavy atom. The number of esters is 1. The molecule has 1 unspecified atom stereocenters. The summed E-state index contributed by atoms with van der Waals surface area (Å²) >= 11 is 1.17. The van der Waals surface area contributed by atoms with Crippen LogP contribution in [0.25, 0.3) is 6.08 Å². The zero-order chi connectivity index (χ0) is 28.4. The summed E-state index contributed by atoms with van der Waals surface area (Å²) in [6, 6.07) is 11.0. The second-order valence-electron chi connectivity index (χ2n) is 9.18. The first kappa shape index (κ1) is 27.3. The molecular weight excluding hydrogens is 536 g/mol. The summed E-state index contributed by atoms with van der Waals surface area (Å²) in [6.07, 6.45) is 1.66. The summed E-state index contributed by atoms with van der Waals surface area (Å²) in [7, 11) is 1.56. The largest absolute Gasteiger partial charge is 0.497 e. The molecule has 0 amide bonds. The molecule has 0 N–H and O–H groups in total. The van der Waals surface area contributed by atoms with E-state index >= 15 is 0 Å². The molecule has 0 saturated carbocycles. The highest BCUT2D eigenvalue weighted by atomic mass is 32.1. The summed E-state index contributed by atoms with van der Waals surface area (Å²) < 4.78 is 17.9. The standard InChI is InChI=1S/C28H28N4O7S/c1-4-39-27(34)24-17(2)29-28-31(25(24)18-5-8-21(37-3)9-6-18)26(33)23(40-28)16-19-15-20(32(35)36)7-10-22(19)30-11-13-38-14-12-30/h5-10,15-16,25H,4,11-14H2,1-3H3/b23-16+. The van der Waals surface area contributed by atoms with Crippen molar-refractivity contribution in [1.82, 2.24) is 4.57 Å². The highest BCUT2D eigenvalue weighted by Gasteiger charge is 2.33. The van der Waals surface area contributed by atoms with Crippen molar-refractivity contribution in [1.29, 1.82) is 0 Å². The lowest BCUT2D eigenvalue weighted by Crippen LogP contribution is -2.40. The fourth-order valence-electron chi connectivity index (χ4n) is 4.90. The van der Waals surface area contributed by atoms with Gasteiger partial charge in [0.05, 0.1) is 53.7 Å². The molecular formula is C28H28N4O7S. The Bertz CT molecular complexity index is 1670. The maximum absolute atomic E-state index is 14.0. The molecule has 1 atom stereocenters. The van der Waals surface area contributed by atoms with Crippen molar-refractivity contribution < 1.29 is 23.9 Å². The molecule has 1 saturated heterocycles. The summed E-state index contributed by atoms with van der Waals surface area (Å²) in [4.78, 5) is 45.3. The first-order valence-corrected chi connectivity index (χ1v) is 13.6. The summed E-state index contributed by atoms with van der Waals surface area (Å²) in [5.74, 6) is 0.0861. The van der Waals surface area contributed by atoms with Crippen LogP contribution in [0.1, 0.15) is 31.0 Å². The third kappa shape index (κ3) is 5.15. The van der Waals surface area contributed by atoms with Crippen LogP contribution in [0.5, 0.6) is 5.75 Å². The number of hydrogen-bond donors (Lipinski definition) is 0. The number of methoxy groups -OCH3 is 1. The number of allylic oxidation sites excluding steroid dienone is 1. The van der Waals surface area contributed by atoms with Crippen molar-refractivity contribution in [2.75, 3.05) is 44.9 Å². The van der Waals surface area contributed by atoms with E-state index in [4.69, 9.17) is 14.2 Å². The number of aromatic nitrogens is 1. The minimum atomic E-state index is -0.771. The summed E-state index contributed by atoms with van der Waals surface area (Å²) in [5.41, 5.74) is 2.30. The van der Waals surface area contributed by atoms with Gasteiger partial charge in [0.2, 0.25) is 0 Å². The van der Waals surface area contributed by atoms with Gasteiger partial charge in [0.25, 0.3) is 11.2 Å². The molecule has 11 nitrogen and oxygen atoms in total. The van der Waals surface area contributed by atoms with E-state index in [1.165, 1.54) is 28.0 Å². The number of thiazole rings is 1. The number of ether oxygens (including phenoxy) is 3. The topological polar surface area (TPSA) is 126 Å². The number of rotatable bonds is 7. The number of nitro benzene ring substituents is 1. The Morgan fingerprint density at radius 1 is 1.23 bits per heavy atom. The number of carbonyl (C=O) groups excluding carboxylic acids is 1. The van der Waals surface area contributed by atoms with E-state index in [1.807, 2.05) is 0 Å². The summed E-state index contributed by atoms with van der Waals surface area (Å²) in [6.45, 7) is 5.94. The van der Waals surface area contributed by atoms with E-state index < -0.39 is 16.9 Å². The van der Waals surface area contributed by atoms with Gasteiger partial charge in [0.15, 0.2) is 4.80 Å². The van der Waals surface area contributed by atoms with Gasteiger partial charge in [0, 0.05) is 36.5 Å². The van der Waals surface area contributed by atoms with Crippen molar-refractivity contribution in [2.24, 2.45) is 4.99 Å². The summed E-state index contributed by atoms with van der Waals surface area (Å²) in [5, 5.41) is 11.6. The van der Waals surface area contributed by atoms with Crippen molar-refractivity contribution in [2.45, 2.75) is 19.9 Å². The van der Waals surface area contributed by atoms with Gasteiger partial charge in [0.1, 0.15) is 5.75 Å². The van der Waals surface area contributed by atoms with Crippen molar-refractivity contribution >= 4 is 34.8 Å². The number of benzene rings is 2. The van der Waals surface area contributed by atoms with Crippen LogP contribution in [-0.2, 0) is 14.3 Å². The van der Waals surface area contributed by atoms with Gasteiger partial charge in [-0.3, -0.25) is 19.5 Å². The van der Waals surface area contributed by atoms with Crippen LogP contribution < -0.4 is 24.5 Å². The van der Waals surface area contributed by atoms with Crippen molar-refractivity contribution in [3.05, 3.63) is 94.7 Å². The van der Waals surface area contributed by atoms with Gasteiger partial charge >= 0.3 is 5.97 Å². The lowest BCUT2D eigenvalue weighted by Gasteiger charge is -2.30. The van der Waals surface area contributed by atoms with Crippen LogP contribution in [0.3, 0.4) is 0 Å². The van der Waals surface area contributed by atoms with Gasteiger partial charge < -0.3 is 19.1 Å². The van der Waals surface area contributed by atoms with E-state index in [0.717, 1.165) is 5.69 Å². The number of nitrogens with zero attached hydrogens (tertiary/aromatic N) is 4. The minimum Gasteiger partial charge on any atom is -0.497 e. The van der Waals surface area contributed by atoms with Gasteiger partial charge in [-0.15, -0.1) is 0 Å². The number of morpholine rings is 1. The van der Waals surface area contributed by atoms with Gasteiger partial charge in [-0.25, -0.2) is 9.79 Å². The number of carbonyl (C=O) groups is 1. The molecule has 1 aromatic heterocycles. The average Bonchev–Trinajstić information content (AvgIpc) is 3.26. The van der Waals surface area contributed by atoms with Gasteiger partial charge in [-0.1, -0.05) is 23.5 Å². The predicted octanol–water partition coefficient (Wildman–Crippen LogP) is 2.55. The molecule has 5 rings (SSSR count). The van der Waals surface area contributed by atoms with Gasteiger partial charge in [-0.05, 0) is 43.7 Å². The zero-order valence-electron chi connectivity index (χ0n) is 22.3. The molecule has 0 aliphatic carbocycles. The number of non-ortho nitro benzene ring substituents is 1. The van der Waals surface area contributed by atoms with Crippen molar-refractivity contribution in [3.63, 3.8) is 0 Å². The fourth-order valence-corrected chi connectivity index (χ4v) is 5.94. The van der Waals surface area contributed by atoms with Crippen LogP contribution in [0, 0.1) is 10.1 Å². The molecule has 0 spiro atoms. The van der Waals surface area contributed by atoms with Crippen LogP contribution in [-0.4, -0.2) is 55.5 Å². The average molecular weight is 565 g/mol. The monoisotopic (exact) mass is 564 g/mol. The molecule has 3 aromatic rings. The first-order chi connectivity index (χ1) is 19.3. The highest BCUT2D eigenvalue weighted by molar-refractivity contribution is 7.07. The van der Waals surface area contributed by atoms with Crippen LogP contribution in [0.4, 0.5) is 11.4 Å². The molecule has 208 valence electrons. The molecule has 0 radical (unpaired) electrons. The van der Waals surface area contributed by atoms with Crippen molar-refractivity contribution in [3.8, 4) is 5.75 Å². The first-order valence-electron chi connectivity index (χ1n) is 12.8.